The zero-order valence-corrected chi connectivity index (χ0v) is 17.3. The number of tetrazole rings is 1. The van der Waals surface area contributed by atoms with Crippen LogP contribution in [-0.2, 0) is 13.1 Å². The number of furan rings is 1. The highest BCUT2D eigenvalue weighted by Gasteiger charge is 2.19. The second-order valence-corrected chi connectivity index (χ2v) is 7.96. The van der Waals surface area contributed by atoms with E-state index in [1.54, 1.807) is 0 Å². The van der Waals surface area contributed by atoms with Crippen LogP contribution in [0.4, 0.5) is 8.78 Å². The number of amides is 1. The van der Waals surface area contributed by atoms with Crippen molar-refractivity contribution in [2.24, 2.45) is 5.73 Å². The first-order chi connectivity index (χ1) is 15.8. The molecule has 168 valence electrons. The Morgan fingerprint density at radius 2 is 2.06 bits per heavy atom. The quantitative estimate of drug-likeness (QED) is 0.374. The number of carbonyl (C=O) groups is 1. The van der Waals surface area contributed by atoms with Crippen LogP contribution in [0.15, 0.2) is 39.1 Å². The van der Waals surface area contributed by atoms with Crippen LogP contribution in [0.3, 0.4) is 0 Å². The lowest BCUT2D eigenvalue weighted by molar-refractivity contribution is 0.100. The van der Waals surface area contributed by atoms with Crippen LogP contribution < -0.4 is 11.3 Å². The zero-order chi connectivity index (χ0) is 23.3. The molecule has 0 spiro atoms. The number of halogens is 2. The highest BCUT2D eigenvalue weighted by atomic mass is 32.1. The topological polar surface area (TPSA) is 155 Å². The molecule has 0 fully saturated rings. The van der Waals surface area contributed by atoms with Gasteiger partial charge < -0.3 is 15.3 Å². The van der Waals surface area contributed by atoms with Crippen LogP contribution in [0.25, 0.3) is 21.2 Å². The number of thiophene rings is 1. The standard InChI is InChI=1S/C19H13F2N7O4S/c20-10-1-8-2-14(32-13(8)3-11(10)21)12(29)4-28-25-15(24-26-28)5-27-7-23-18-16(19(27)31)9(6-33-18)17(22)30/h1-3,6-7,12,29H,4-5H2,(H2,22,30)/t12-/m0/s1. The van der Waals surface area contributed by atoms with Crippen molar-refractivity contribution in [1.82, 2.24) is 29.8 Å². The van der Waals surface area contributed by atoms with E-state index in [2.05, 4.69) is 20.4 Å². The lowest BCUT2D eigenvalue weighted by Crippen LogP contribution is -2.23. The molecule has 1 amide bonds. The van der Waals surface area contributed by atoms with Crippen LogP contribution >= 0.6 is 11.3 Å². The van der Waals surface area contributed by atoms with E-state index >= 15 is 0 Å². The third-order valence-electron chi connectivity index (χ3n) is 4.88. The van der Waals surface area contributed by atoms with Gasteiger partial charge in [0.15, 0.2) is 17.5 Å². The van der Waals surface area contributed by atoms with Gasteiger partial charge in [-0.1, -0.05) is 0 Å². The minimum atomic E-state index is -1.23. The van der Waals surface area contributed by atoms with Gasteiger partial charge in [0.1, 0.15) is 22.3 Å². The number of aliphatic hydroxyl groups excluding tert-OH is 1. The molecule has 11 nitrogen and oxygen atoms in total. The Morgan fingerprint density at radius 3 is 2.85 bits per heavy atom. The van der Waals surface area contributed by atoms with E-state index in [0.29, 0.717) is 10.2 Å². The molecule has 3 N–H and O–H groups in total. The van der Waals surface area contributed by atoms with Crippen molar-refractivity contribution < 1.29 is 23.1 Å². The van der Waals surface area contributed by atoms with Crippen molar-refractivity contribution in [2.75, 3.05) is 0 Å². The molecule has 1 aromatic carbocycles. The maximum absolute atomic E-state index is 13.4. The summed E-state index contributed by atoms with van der Waals surface area (Å²) in [4.78, 5) is 29.9. The van der Waals surface area contributed by atoms with Gasteiger partial charge in [0, 0.05) is 16.8 Å². The molecule has 4 aromatic heterocycles. The maximum Gasteiger partial charge on any atom is 0.263 e. The van der Waals surface area contributed by atoms with E-state index in [4.69, 9.17) is 10.2 Å². The summed E-state index contributed by atoms with van der Waals surface area (Å²) in [5.74, 6) is -2.60. The number of nitrogens with zero attached hydrogens (tertiary/aromatic N) is 6. The molecule has 0 bridgehead atoms. The van der Waals surface area contributed by atoms with Crippen LogP contribution in [0.2, 0.25) is 0 Å². The minimum absolute atomic E-state index is 0.0659. The van der Waals surface area contributed by atoms with Crippen molar-refractivity contribution in [3.8, 4) is 0 Å². The largest absolute Gasteiger partial charge is 0.458 e. The van der Waals surface area contributed by atoms with Gasteiger partial charge in [-0.3, -0.25) is 14.2 Å². The summed E-state index contributed by atoms with van der Waals surface area (Å²) < 4.78 is 33.3. The molecular weight excluding hydrogens is 460 g/mol. The van der Waals surface area contributed by atoms with E-state index in [-0.39, 0.29) is 41.2 Å². The summed E-state index contributed by atoms with van der Waals surface area (Å²) >= 11 is 1.13. The molecule has 14 heteroatoms. The normalized spacial score (nSPS) is 12.6. The Balaban J connectivity index is 1.35. The Morgan fingerprint density at radius 1 is 1.27 bits per heavy atom. The molecule has 5 aromatic rings. The van der Waals surface area contributed by atoms with Gasteiger partial charge in [0.25, 0.3) is 5.56 Å². The van der Waals surface area contributed by atoms with E-state index in [9.17, 15) is 23.5 Å². The first-order valence-electron chi connectivity index (χ1n) is 9.40. The lowest BCUT2D eigenvalue weighted by atomic mass is 10.2. The zero-order valence-electron chi connectivity index (χ0n) is 16.5. The molecule has 0 unspecified atom stereocenters. The van der Waals surface area contributed by atoms with Crippen molar-refractivity contribution >= 4 is 38.4 Å². The van der Waals surface area contributed by atoms with Gasteiger partial charge >= 0.3 is 0 Å². The number of fused-ring (bicyclic) bond motifs is 2. The monoisotopic (exact) mass is 473 g/mol. The average molecular weight is 473 g/mol. The van der Waals surface area contributed by atoms with Crippen LogP contribution in [0.1, 0.15) is 28.0 Å². The molecule has 0 radical (unpaired) electrons. The Kier molecular flexibility index (Phi) is 4.94. The molecule has 0 aliphatic carbocycles. The number of rotatable bonds is 6. The molecule has 0 saturated carbocycles. The number of aromatic nitrogens is 6. The predicted octanol–water partition coefficient (Wildman–Crippen LogP) is 1.35. The fraction of sp³-hybridized carbons (Fsp3) is 0.158. The third-order valence-corrected chi connectivity index (χ3v) is 5.76. The summed E-state index contributed by atoms with van der Waals surface area (Å²) in [6, 6.07) is 3.25. The highest BCUT2D eigenvalue weighted by molar-refractivity contribution is 7.17. The Bertz CT molecular complexity index is 1550. The van der Waals surface area contributed by atoms with Gasteiger partial charge in [-0.2, -0.15) is 4.80 Å². The smallest absolute Gasteiger partial charge is 0.263 e. The van der Waals surface area contributed by atoms with Crippen LogP contribution in [0.5, 0.6) is 0 Å². The van der Waals surface area contributed by atoms with Crippen molar-refractivity contribution in [2.45, 2.75) is 19.2 Å². The number of carbonyl (C=O) groups excluding carboxylic acids is 1. The third kappa shape index (κ3) is 3.74. The van der Waals surface area contributed by atoms with Gasteiger partial charge in [0.05, 0.1) is 30.4 Å². The van der Waals surface area contributed by atoms with Gasteiger partial charge in [0.2, 0.25) is 5.91 Å². The summed E-state index contributed by atoms with van der Waals surface area (Å²) in [6.45, 7) is -0.255. The number of hydrogen-bond donors (Lipinski definition) is 2. The molecule has 4 heterocycles. The minimum Gasteiger partial charge on any atom is -0.458 e. The second kappa shape index (κ2) is 7.83. The molecule has 0 saturated heterocycles. The summed E-state index contributed by atoms with van der Waals surface area (Å²) in [6.07, 6.45) is 0.0731. The number of nitrogens with two attached hydrogens (primary N) is 1. The van der Waals surface area contributed by atoms with E-state index < -0.39 is 29.2 Å². The predicted molar refractivity (Wildman–Crippen MR) is 110 cm³/mol. The summed E-state index contributed by atoms with van der Waals surface area (Å²) in [5, 5.41) is 24.1. The summed E-state index contributed by atoms with van der Waals surface area (Å²) in [5.41, 5.74) is 5.01. The van der Waals surface area contributed by atoms with Crippen LogP contribution in [0, 0.1) is 11.6 Å². The fourth-order valence-electron chi connectivity index (χ4n) is 3.29. The molecule has 1 atom stereocenters. The van der Waals surface area contributed by atoms with Crippen LogP contribution in [-0.4, -0.2) is 40.8 Å². The number of benzene rings is 1. The second-order valence-electron chi connectivity index (χ2n) is 7.10. The van der Waals surface area contributed by atoms with Gasteiger partial charge in [-0.25, -0.2) is 13.8 Å². The Labute approximate surface area is 185 Å². The molecule has 33 heavy (non-hydrogen) atoms. The summed E-state index contributed by atoms with van der Waals surface area (Å²) in [7, 11) is 0. The van der Waals surface area contributed by atoms with E-state index in [1.165, 1.54) is 22.3 Å². The van der Waals surface area contributed by atoms with Gasteiger partial charge in [-0.15, -0.1) is 21.5 Å². The van der Waals surface area contributed by atoms with Crippen molar-refractivity contribution in [1.29, 1.82) is 0 Å². The Hall–Kier alpha value is -4.04. The first-order valence-corrected chi connectivity index (χ1v) is 10.3. The maximum atomic E-state index is 13.4. The van der Waals surface area contributed by atoms with E-state index in [0.717, 1.165) is 28.3 Å². The van der Waals surface area contributed by atoms with E-state index in [1.807, 2.05) is 0 Å². The lowest BCUT2D eigenvalue weighted by Gasteiger charge is -2.05. The SMILES string of the molecule is NC(=O)c1csc2ncn(Cc3nnn(C[C@H](O)c4cc5cc(F)c(F)cc5o4)n3)c(=O)c12. The highest BCUT2D eigenvalue weighted by Crippen LogP contribution is 2.26. The molecule has 0 aliphatic heterocycles. The molecule has 0 aliphatic rings. The average Bonchev–Trinajstić information content (AvgIpc) is 3.49. The van der Waals surface area contributed by atoms with Gasteiger partial charge in [-0.05, 0) is 17.3 Å². The molecule has 5 rings (SSSR count). The molecular formula is C19H13F2N7O4S. The fourth-order valence-corrected chi connectivity index (χ4v) is 4.18. The number of aliphatic hydroxyl groups is 1. The first kappa shape index (κ1) is 20.8. The van der Waals surface area contributed by atoms with Crippen molar-refractivity contribution in [3.05, 3.63) is 69.0 Å². The number of hydrogen-bond acceptors (Lipinski definition) is 9. The number of primary amides is 1. The van der Waals surface area contributed by atoms with Crippen molar-refractivity contribution in [3.63, 3.8) is 0 Å².